The quantitative estimate of drug-likeness (QED) is 0.506. The zero-order valence-electron chi connectivity index (χ0n) is 14.2. The van der Waals surface area contributed by atoms with Gasteiger partial charge >= 0.3 is 0 Å². The predicted octanol–water partition coefficient (Wildman–Crippen LogP) is 4.54. The van der Waals surface area contributed by atoms with Gasteiger partial charge in [0.1, 0.15) is 5.82 Å². The van der Waals surface area contributed by atoms with Crippen molar-refractivity contribution in [3.63, 3.8) is 0 Å². The molecule has 0 amide bonds. The number of hydrogen-bond donors (Lipinski definition) is 1. The number of nitro groups is 1. The summed E-state index contributed by atoms with van der Waals surface area (Å²) in [7, 11) is 0. The van der Waals surface area contributed by atoms with E-state index in [-0.39, 0.29) is 10.6 Å². The molecule has 3 aromatic rings. The number of fused-ring (bicyclic) bond motifs is 1. The van der Waals surface area contributed by atoms with E-state index in [9.17, 15) is 10.1 Å². The number of nitrogens with zero attached hydrogens (tertiary/aromatic N) is 4. The van der Waals surface area contributed by atoms with Crippen molar-refractivity contribution in [2.45, 2.75) is 48.6 Å². The van der Waals surface area contributed by atoms with E-state index in [2.05, 4.69) is 20.2 Å². The fourth-order valence-corrected chi connectivity index (χ4v) is 4.44. The molecule has 1 saturated carbocycles. The van der Waals surface area contributed by atoms with Crippen molar-refractivity contribution in [3.05, 3.63) is 46.5 Å². The third-order valence-corrected chi connectivity index (χ3v) is 5.87. The van der Waals surface area contributed by atoms with Crippen molar-refractivity contribution >= 4 is 28.2 Å². The molecule has 134 valence electrons. The van der Waals surface area contributed by atoms with Gasteiger partial charge in [-0.05, 0) is 36.2 Å². The molecule has 2 heterocycles. The Hall–Kier alpha value is -2.48. The monoisotopic (exact) mass is 369 g/mol. The molecule has 4 rings (SSSR count). The lowest BCUT2D eigenvalue weighted by Gasteiger charge is -2.05. The van der Waals surface area contributed by atoms with Crippen LogP contribution in [0.2, 0.25) is 0 Å². The number of rotatable bonds is 6. The number of aromatic nitrogens is 4. The standard InChI is InChI=1S/C18H19N5O2S/c24-23(25)15-6-7-16(13-9-10-19-11-14(13)15)26-18-20-17(21-22-18)8-5-12-3-1-2-4-12/h6-7,9-12H,1-5,8H2,(H,20,21,22). The molecule has 0 radical (unpaired) electrons. The van der Waals surface area contributed by atoms with Crippen molar-refractivity contribution in [1.82, 2.24) is 20.2 Å². The summed E-state index contributed by atoms with van der Waals surface area (Å²) in [5, 5.41) is 20.5. The van der Waals surface area contributed by atoms with E-state index in [1.165, 1.54) is 49.7 Å². The van der Waals surface area contributed by atoms with Crippen molar-refractivity contribution in [2.75, 3.05) is 0 Å². The molecule has 1 aromatic carbocycles. The SMILES string of the molecule is O=[N+]([O-])c1ccc(Sc2n[nH]c(CCC3CCCC3)n2)c2ccncc12. The summed E-state index contributed by atoms with van der Waals surface area (Å²) >= 11 is 1.41. The Kier molecular flexibility index (Phi) is 4.83. The maximum Gasteiger partial charge on any atom is 0.278 e. The average Bonchev–Trinajstić information content (AvgIpc) is 3.31. The van der Waals surface area contributed by atoms with Crippen LogP contribution in [-0.2, 0) is 6.42 Å². The van der Waals surface area contributed by atoms with Gasteiger partial charge in [-0.15, -0.1) is 5.10 Å². The highest BCUT2D eigenvalue weighted by Crippen LogP contribution is 2.36. The second-order valence-electron chi connectivity index (χ2n) is 6.62. The Morgan fingerprint density at radius 1 is 1.23 bits per heavy atom. The lowest BCUT2D eigenvalue weighted by molar-refractivity contribution is -0.383. The number of aryl methyl sites for hydroxylation is 1. The van der Waals surface area contributed by atoms with E-state index < -0.39 is 0 Å². The Bertz CT molecular complexity index is 936. The summed E-state index contributed by atoms with van der Waals surface area (Å²) in [4.78, 5) is 20.3. The second kappa shape index (κ2) is 7.41. The van der Waals surface area contributed by atoms with Gasteiger partial charge in [-0.1, -0.05) is 25.7 Å². The van der Waals surface area contributed by atoms with Crippen molar-refractivity contribution < 1.29 is 4.92 Å². The van der Waals surface area contributed by atoms with Crippen LogP contribution in [0.15, 0.2) is 40.6 Å². The largest absolute Gasteiger partial charge is 0.278 e. The van der Waals surface area contributed by atoms with E-state index >= 15 is 0 Å². The Balaban J connectivity index is 1.52. The summed E-state index contributed by atoms with van der Waals surface area (Å²) in [6.07, 6.45) is 10.6. The summed E-state index contributed by atoms with van der Waals surface area (Å²) in [5.74, 6) is 1.73. The summed E-state index contributed by atoms with van der Waals surface area (Å²) in [6.45, 7) is 0. The Labute approximate surface area is 154 Å². The molecule has 7 nitrogen and oxygen atoms in total. The summed E-state index contributed by atoms with van der Waals surface area (Å²) in [5.41, 5.74) is 0.0599. The number of nitro benzene ring substituents is 1. The summed E-state index contributed by atoms with van der Waals surface area (Å²) in [6, 6.07) is 5.05. The van der Waals surface area contributed by atoms with E-state index in [0.717, 1.165) is 34.9 Å². The second-order valence-corrected chi connectivity index (χ2v) is 7.63. The van der Waals surface area contributed by atoms with Gasteiger partial charge in [0.25, 0.3) is 5.69 Å². The van der Waals surface area contributed by atoms with Gasteiger partial charge in [0.05, 0.1) is 10.3 Å². The lowest BCUT2D eigenvalue weighted by Crippen LogP contribution is -1.97. The van der Waals surface area contributed by atoms with Gasteiger partial charge < -0.3 is 0 Å². The number of H-pyrrole nitrogens is 1. The van der Waals surface area contributed by atoms with Gasteiger partial charge in [-0.2, -0.15) is 0 Å². The molecule has 0 saturated heterocycles. The maximum atomic E-state index is 11.2. The van der Waals surface area contributed by atoms with Crippen molar-refractivity contribution in [1.29, 1.82) is 0 Å². The van der Waals surface area contributed by atoms with Crippen LogP contribution in [0.1, 0.15) is 37.9 Å². The number of non-ortho nitro benzene ring substituents is 1. The van der Waals surface area contributed by atoms with Crippen LogP contribution < -0.4 is 0 Å². The first-order valence-corrected chi connectivity index (χ1v) is 9.62. The third-order valence-electron chi connectivity index (χ3n) is 4.93. The number of pyridine rings is 1. The Morgan fingerprint density at radius 2 is 2.08 bits per heavy atom. The van der Waals surface area contributed by atoms with E-state index in [1.54, 1.807) is 18.3 Å². The highest BCUT2D eigenvalue weighted by molar-refractivity contribution is 7.99. The van der Waals surface area contributed by atoms with E-state index in [4.69, 9.17) is 0 Å². The van der Waals surface area contributed by atoms with Crippen LogP contribution in [0.4, 0.5) is 5.69 Å². The normalized spacial score (nSPS) is 14.9. The smallest absolute Gasteiger partial charge is 0.264 e. The molecule has 26 heavy (non-hydrogen) atoms. The minimum absolute atomic E-state index is 0.0599. The molecule has 2 aromatic heterocycles. The molecule has 0 bridgehead atoms. The molecule has 1 aliphatic carbocycles. The van der Waals surface area contributed by atoms with Crippen LogP contribution >= 0.6 is 11.8 Å². The van der Waals surface area contributed by atoms with E-state index in [0.29, 0.717) is 10.5 Å². The van der Waals surface area contributed by atoms with E-state index in [1.807, 2.05) is 0 Å². The van der Waals surface area contributed by atoms with Crippen LogP contribution in [0, 0.1) is 16.0 Å². The van der Waals surface area contributed by atoms with Crippen molar-refractivity contribution in [3.8, 4) is 0 Å². The first kappa shape index (κ1) is 17.0. The molecule has 0 aliphatic heterocycles. The van der Waals surface area contributed by atoms with Gasteiger partial charge in [-0.3, -0.25) is 20.2 Å². The molecule has 0 atom stereocenters. The van der Waals surface area contributed by atoms with Gasteiger partial charge in [0.2, 0.25) is 5.16 Å². The first-order chi connectivity index (χ1) is 12.7. The van der Waals surface area contributed by atoms with Gasteiger partial charge in [-0.25, -0.2) is 4.98 Å². The number of hydrogen-bond acceptors (Lipinski definition) is 6. The zero-order valence-corrected chi connectivity index (χ0v) is 15.0. The molecule has 8 heteroatoms. The topological polar surface area (TPSA) is 97.6 Å². The van der Waals surface area contributed by atoms with Crippen LogP contribution in [-0.4, -0.2) is 25.1 Å². The molecular formula is C18H19N5O2S. The van der Waals surface area contributed by atoms with Gasteiger partial charge in [0.15, 0.2) is 0 Å². The highest BCUT2D eigenvalue weighted by Gasteiger charge is 2.18. The summed E-state index contributed by atoms with van der Waals surface area (Å²) < 4.78 is 0. The molecule has 1 N–H and O–H groups in total. The molecule has 0 unspecified atom stereocenters. The Morgan fingerprint density at radius 3 is 2.88 bits per heavy atom. The fraction of sp³-hybridized carbons (Fsp3) is 0.389. The third kappa shape index (κ3) is 3.55. The molecule has 1 aliphatic rings. The zero-order chi connectivity index (χ0) is 17.9. The fourth-order valence-electron chi connectivity index (χ4n) is 3.57. The number of benzene rings is 1. The maximum absolute atomic E-state index is 11.2. The molecule has 1 fully saturated rings. The first-order valence-electron chi connectivity index (χ1n) is 8.81. The minimum Gasteiger partial charge on any atom is -0.264 e. The van der Waals surface area contributed by atoms with Crippen LogP contribution in [0.5, 0.6) is 0 Å². The number of nitrogens with one attached hydrogen (secondary N) is 1. The van der Waals surface area contributed by atoms with Crippen molar-refractivity contribution in [2.24, 2.45) is 5.92 Å². The predicted molar refractivity (Wildman–Crippen MR) is 99.2 cm³/mol. The average molecular weight is 369 g/mol. The van der Waals surface area contributed by atoms with Crippen LogP contribution in [0.25, 0.3) is 10.8 Å². The van der Waals surface area contributed by atoms with Crippen LogP contribution in [0.3, 0.4) is 0 Å². The minimum atomic E-state index is -0.383. The lowest BCUT2D eigenvalue weighted by atomic mass is 10.0. The highest BCUT2D eigenvalue weighted by atomic mass is 32.2. The van der Waals surface area contributed by atoms with Gasteiger partial charge in [0, 0.05) is 35.2 Å². The molecule has 0 spiro atoms. The molecular weight excluding hydrogens is 350 g/mol. The number of aromatic amines is 1.